The Hall–Kier alpha value is -3.50. The summed E-state index contributed by atoms with van der Waals surface area (Å²) in [5.74, 6) is 4.09. The third-order valence-electron chi connectivity index (χ3n) is 8.95. The second kappa shape index (κ2) is 6.00. The Morgan fingerprint density at radius 3 is 2.20 bits per heavy atom. The first-order chi connectivity index (χ1) is 16.9. The van der Waals surface area contributed by atoms with Crippen LogP contribution in [0.1, 0.15) is 43.0 Å². The minimum atomic E-state index is -2.42. The molecule has 4 aliphatic heterocycles. The molecule has 0 spiro atoms. The second-order valence-electron chi connectivity index (χ2n) is 11.0. The Labute approximate surface area is 207 Å². The highest BCUT2D eigenvalue weighted by Gasteiger charge is 2.59. The Bertz CT molecular complexity index is 1640. The highest BCUT2D eigenvalue weighted by Crippen LogP contribution is 2.57. The van der Waals surface area contributed by atoms with Crippen LogP contribution in [-0.2, 0) is 5.41 Å². The molecule has 0 aliphatic carbocycles. The number of rotatable bonds is 1. The van der Waals surface area contributed by atoms with Gasteiger partial charge in [-0.2, -0.15) is 0 Å². The largest absolute Gasteiger partial charge is 0.457 e. The summed E-state index contributed by atoms with van der Waals surface area (Å²) in [7, 11) is -2.42. The van der Waals surface area contributed by atoms with Gasteiger partial charge in [0.1, 0.15) is 23.0 Å². The minimum Gasteiger partial charge on any atom is -0.457 e. The summed E-state index contributed by atoms with van der Waals surface area (Å²) >= 11 is 0. The quantitative estimate of drug-likeness (QED) is 0.262. The van der Waals surface area contributed by atoms with Gasteiger partial charge in [0.15, 0.2) is 8.07 Å². The highest BCUT2D eigenvalue weighted by molar-refractivity contribution is 7.15. The molecule has 8 rings (SSSR count). The molecule has 0 aromatic heterocycles. The second-order valence-corrected chi connectivity index (χ2v) is 15.0. The predicted octanol–water partition coefficient (Wildman–Crippen LogP) is 6.43. The third kappa shape index (κ3) is 1.99. The number of fused-ring (bicyclic) bond motifs is 3. The summed E-state index contributed by atoms with van der Waals surface area (Å²) in [6, 6.07) is 23.3. The first-order valence-electron chi connectivity index (χ1n) is 12.6. The molecule has 4 heteroatoms. The van der Waals surface area contributed by atoms with Gasteiger partial charge in [-0.05, 0) is 72.5 Å². The van der Waals surface area contributed by atoms with Crippen LogP contribution in [-0.4, -0.2) is 8.07 Å². The fraction of sp³-hybridized carbons (Fsp3) is 0.226. The van der Waals surface area contributed by atoms with Crippen molar-refractivity contribution in [1.29, 1.82) is 0 Å². The van der Waals surface area contributed by atoms with Crippen molar-refractivity contribution in [3.8, 4) is 23.0 Å². The van der Waals surface area contributed by atoms with Crippen LogP contribution in [0.15, 0.2) is 60.7 Å². The molecular weight excluding hydrogens is 446 g/mol. The van der Waals surface area contributed by atoms with Gasteiger partial charge in [0.25, 0.3) is 0 Å². The number of hydrogen-bond donors (Lipinski definition) is 0. The number of hydrogen-bond acceptors (Lipinski definition) is 3. The molecule has 0 N–H and O–H groups in total. The zero-order valence-electron chi connectivity index (χ0n) is 20.7. The van der Waals surface area contributed by atoms with Gasteiger partial charge in [0.2, 0.25) is 0 Å². The zero-order chi connectivity index (χ0) is 23.9. The smallest absolute Gasteiger partial charge is 0.172 e. The summed E-state index contributed by atoms with van der Waals surface area (Å²) in [6.07, 6.45) is 0. The fourth-order valence-corrected chi connectivity index (χ4v) is 12.8. The van der Waals surface area contributed by atoms with Crippen molar-refractivity contribution in [2.45, 2.75) is 46.1 Å². The van der Waals surface area contributed by atoms with E-state index in [4.69, 9.17) is 9.47 Å². The first kappa shape index (κ1) is 19.8. The molecule has 0 fully saturated rings. The molecular formula is C31H27NO2Si. The van der Waals surface area contributed by atoms with Gasteiger partial charge < -0.3 is 14.4 Å². The van der Waals surface area contributed by atoms with E-state index in [0.29, 0.717) is 0 Å². The summed E-state index contributed by atoms with van der Waals surface area (Å²) < 4.78 is 13.5. The van der Waals surface area contributed by atoms with Crippen LogP contribution in [0.3, 0.4) is 0 Å². The summed E-state index contributed by atoms with van der Waals surface area (Å²) in [4.78, 5) is 2.53. The van der Waals surface area contributed by atoms with Crippen molar-refractivity contribution in [2.75, 3.05) is 4.90 Å². The summed E-state index contributed by atoms with van der Waals surface area (Å²) in [5.41, 5.74) is 8.99. The lowest BCUT2D eigenvalue weighted by atomic mass is 9.73. The molecule has 4 aromatic carbocycles. The van der Waals surface area contributed by atoms with Crippen molar-refractivity contribution >= 4 is 40.7 Å². The van der Waals surface area contributed by atoms with E-state index in [0.717, 1.165) is 29.0 Å². The lowest BCUT2D eigenvalue weighted by Crippen LogP contribution is -2.73. The van der Waals surface area contributed by atoms with E-state index in [1.165, 1.54) is 54.9 Å². The Balaban J connectivity index is 1.65. The van der Waals surface area contributed by atoms with Crippen molar-refractivity contribution in [3.63, 3.8) is 0 Å². The van der Waals surface area contributed by atoms with E-state index < -0.39 is 8.07 Å². The van der Waals surface area contributed by atoms with E-state index in [9.17, 15) is 0 Å². The zero-order valence-corrected chi connectivity index (χ0v) is 21.7. The lowest BCUT2D eigenvalue weighted by molar-refractivity contribution is 0.458. The molecule has 0 saturated heterocycles. The maximum Gasteiger partial charge on any atom is 0.172 e. The van der Waals surface area contributed by atoms with Crippen molar-refractivity contribution in [3.05, 3.63) is 82.9 Å². The molecule has 3 nitrogen and oxygen atoms in total. The number of para-hydroxylation sites is 1. The number of anilines is 3. The number of ether oxygens (including phenoxy) is 2. The summed E-state index contributed by atoms with van der Waals surface area (Å²) in [6.45, 7) is 11.6. The number of aryl methyl sites for hydroxylation is 2. The Morgan fingerprint density at radius 1 is 0.743 bits per heavy atom. The van der Waals surface area contributed by atoms with Gasteiger partial charge in [0.05, 0.1) is 11.4 Å². The van der Waals surface area contributed by atoms with E-state index >= 15 is 0 Å². The van der Waals surface area contributed by atoms with Crippen LogP contribution < -0.4 is 29.9 Å². The molecule has 4 heterocycles. The van der Waals surface area contributed by atoms with Crippen LogP contribution >= 0.6 is 0 Å². The normalized spacial score (nSPS) is 20.4. The fourth-order valence-electron chi connectivity index (χ4n) is 7.37. The predicted molar refractivity (Wildman–Crippen MR) is 144 cm³/mol. The average molecular weight is 474 g/mol. The maximum atomic E-state index is 6.79. The third-order valence-corrected chi connectivity index (χ3v) is 14.0. The first-order valence-corrected chi connectivity index (χ1v) is 14.8. The molecule has 35 heavy (non-hydrogen) atoms. The van der Waals surface area contributed by atoms with E-state index in [2.05, 4.69) is 100 Å². The number of nitrogens with zero attached hydrogens (tertiary/aromatic N) is 1. The van der Waals surface area contributed by atoms with E-state index in [1.54, 1.807) is 0 Å². The SMILES string of the molecule is CC[Si]12c3c4cccc3Oc3c(C)cc5c(c31)N(c1ccccc1C5(C)C)c1ccc(C)c(c12)O4. The molecule has 172 valence electrons. The average Bonchev–Trinajstić information content (AvgIpc) is 2.86. The van der Waals surface area contributed by atoms with Gasteiger partial charge in [-0.25, -0.2) is 0 Å². The molecule has 0 amide bonds. The van der Waals surface area contributed by atoms with Crippen LogP contribution in [0.4, 0.5) is 17.1 Å². The molecule has 4 aromatic rings. The van der Waals surface area contributed by atoms with Crippen molar-refractivity contribution in [2.24, 2.45) is 0 Å². The Morgan fingerprint density at radius 2 is 1.46 bits per heavy atom. The van der Waals surface area contributed by atoms with Crippen LogP contribution in [0.25, 0.3) is 0 Å². The molecule has 1 atom stereocenters. The van der Waals surface area contributed by atoms with Crippen LogP contribution in [0.2, 0.25) is 6.04 Å². The van der Waals surface area contributed by atoms with Gasteiger partial charge in [-0.3, -0.25) is 0 Å². The molecule has 4 aliphatic rings. The molecule has 0 radical (unpaired) electrons. The molecule has 0 saturated carbocycles. The van der Waals surface area contributed by atoms with Gasteiger partial charge in [-0.15, -0.1) is 0 Å². The van der Waals surface area contributed by atoms with Gasteiger partial charge >= 0.3 is 0 Å². The van der Waals surface area contributed by atoms with Gasteiger partial charge in [-0.1, -0.05) is 51.1 Å². The molecule has 0 bridgehead atoms. The van der Waals surface area contributed by atoms with Gasteiger partial charge in [0, 0.05) is 26.7 Å². The highest BCUT2D eigenvalue weighted by atomic mass is 28.3. The minimum absolute atomic E-state index is 0.110. The van der Waals surface area contributed by atoms with E-state index in [-0.39, 0.29) is 5.41 Å². The van der Waals surface area contributed by atoms with Crippen LogP contribution in [0, 0.1) is 13.8 Å². The van der Waals surface area contributed by atoms with Crippen molar-refractivity contribution in [1.82, 2.24) is 0 Å². The van der Waals surface area contributed by atoms with E-state index in [1.807, 2.05) is 0 Å². The maximum absolute atomic E-state index is 6.79. The monoisotopic (exact) mass is 473 g/mol. The Kier molecular flexibility index (Phi) is 3.39. The van der Waals surface area contributed by atoms with Crippen molar-refractivity contribution < 1.29 is 9.47 Å². The number of benzene rings is 4. The molecule has 1 unspecified atom stereocenters. The van der Waals surface area contributed by atoms with Crippen LogP contribution in [0.5, 0.6) is 23.0 Å². The summed E-state index contributed by atoms with van der Waals surface area (Å²) in [5, 5.41) is 4.18. The standard InChI is InChI=1S/C31H27NO2Si/c1-6-35-28-22-15-14-17(2)26(28)33-23-12-9-13-24(29(23)35)34-27-18(3)16-20-25(30(27)35)32(22)21-11-8-7-10-19(21)31(20,4)5/h7-16H,6H2,1-5H3. The topological polar surface area (TPSA) is 21.7 Å². The lowest BCUT2D eigenvalue weighted by Gasteiger charge is -2.54.